The van der Waals surface area contributed by atoms with Gasteiger partial charge in [-0.15, -0.1) is 0 Å². The zero-order valence-electron chi connectivity index (χ0n) is 9.66. The average molecular weight is 292 g/mol. The van der Waals surface area contributed by atoms with Gasteiger partial charge in [-0.2, -0.15) is 5.10 Å². The summed E-state index contributed by atoms with van der Waals surface area (Å²) in [6.07, 6.45) is 1.26. The number of rotatable bonds is 4. The van der Waals surface area contributed by atoms with Crippen molar-refractivity contribution in [3.05, 3.63) is 21.7 Å². The molecule has 0 heterocycles. The Morgan fingerprint density at radius 1 is 1.44 bits per heavy atom. The molecule has 6 nitrogen and oxygen atoms in total. The quantitative estimate of drug-likeness (QED) is 0.657. The molecule has 0 radical (unpaired) electrons. The molecule has 0 fully saturated rings. The summed E-state index contributed by atoms with van der Waals surface area (Å²) in [5.41, 5.74) is 7.27. The third kappa shape index (κ3) is 3.18. The molecule has 0 saturated carbocycles. The zero-order valence-corrected chi connectivity index (χ0v) is 11.2. The van der Waals surface area contributed by atoms with E-state index in [1.54, 1.807) is 0 Å². The van der Waals surface area contributed by atoms with Crippen molar-refractivity contribution in [3.8, 4) is 11.5 Å². The van der Waals surface area contributed by atoms with Crippen molar-refractivity contribution < 1.29 is 14.3 Å². The molecular formula is C10H11Cl2N3O3. The van der Waals surface area contributed by atoms with Crippen LogP contribution in [0.3, 0.4) is 0 Å². The van der Waals surface area contributed by atoms with E-state index < -0.39 is 6.03 Å². The number of primary amides is 1. The monoisotopic (exact) mass is 291 g/mol. The zero-order chi connectivity index (χ0) is 13.7. The van der Waals surface area contributed by atoms with E-state index in [0.29, 0.717) is 22.1 Å². The number of carbonyl (C=O) groups excluding carboxylic acids is 1. The van der Waals surface area contributed by atoms with Crippen molar-refractivity contribution in [1.29, 1.82) is 0 Å². The number of methoxy groups -OCH3 is 2. The van der Waals surface area contributed by atoms with E-state index in [0.717, 1.165) is 0 Å². The minimum atomic E-state index is -0.793. The summed E-state index contributed by atoms with van der Waals surface area (Å²) in [6, 6.07) is 0.733. The first-order valence-electron chi connectivity index (χ1n) is 4.69. The molecule has 0 aromatic heterocycles. The maximum absolute atomic E-state index is 10.5. The van der Waals surface area contributed by atoms with Gasteiger partial charge in [-0.05, 0) is 0 Å². The van der Waals surface area contributed by atoms with E-state index in [2.05, 4.69) is 5.10 Å². The molecule has 0 aliphatic heterocycles. The van der Waals surface area contributed by atoms with Crippen molar-refractivity contribution in [1.82, 2.24) is 5.43 Å². The lowest BCUT2D eigenvalue weighted by Gasteiger charge is -2.12. The molecule has 1 rings (SSSR count). The molecule has 0 spiro atoms. The van der Waals surface area contributed by atoms with Gasteiger partial charge in [0.15, 0.2) is 11.5 Å². The normalized spacial score (nSPS) is 10.4. The third-order valence-corrected chi connectivity index (χ3v) is 2.66. The van der Waals surface area contributed by atoms with Gasteiger partial charge in [0.2, 0.25) is 0 Å². The highest BCUT2D eigenvalue weighted by molar-refractivity contribution is 6.40. The van der Waals surface area contributed by atoms with E-state index in [4.69, 9.17) is 38.4 Å². The van der Waals surface area contributed by atoms with Crippen molar-refractivity contribution >= 4 is 35.4 Å². The largest absolute Gasteiger partial charge is 0.493 e. The molecule has 3 N–H and O–H groups in total. The van der Waals surface area contributed by atoms with Crippen LogP contribution >= 0.6 is 23.2 Å². The molecule has 1 aromatic rings. The predicted molar refractivity (Wildman–Crippen MR) is 69.9 cm³/mol. The topological polar surface area (TPSA) is 85.9 Å². The number of nitrogens with zero attached hydrogens (tertiary/aromatic N) is 1. The Bertz CT molecular complexity index is 492. The number of ether oxygens (including phenoxy) is 2. The smallest absolute Gasteiger partial charge is 0.332 e. The lowest BCUT2D eigenvalue weighted by molar-refractivity contribution is 0.249. The number of benzene rings is 1. The van der Waals surface area contributed by atoms with Crippen molar-refractivity contribution in [2.75, 3.05) is 14.2 Å². The molecule has 0 unspecified atom stereocenters. The Kier molecular flexibility index (Phi) is 5.06. The van der Waals surface area contributed by atoms with Gasteiger partial charge in [0.05, 0.1) is 30.5 Å². The summed E-state index contributed by atoms with van der Waals surface area (Å²) in [4.78, 5) is 10.5. The van der Waals surface area contributed by atoms with Crippen molar-refractivity contribution in [2.24, 2.45) is 10.8 Å². The number of hydrogen-bond acceptors (Lipinski definition) is 4. The number of carbonyl (C=O) groups is 1. The van der Waals surface area contributed by atoms with Crippen LogP contribution in [0.1, 0.15) is 5.56 Å². The lowest BCUT2D eigenvalue weighted by Crippen LogP contribution is -2.24. The first-order chi connectivity index (χ1) is 8.51. The van der Waals surface area contributed by atoms with Crippen LogP contribution < -0.4 is 20.6 Å². The Morgan fingerprint density at radius 2 is 2.11 bits per heavy atom. The second-order valence-electron chi connectivity index (χ2n) is 3.06. The summed E-state index contributed by atoms with van der Waals surface area (Å²) in [5.74, 6) is 0.719. The average Bonchev–Trinajstić information content (AvgIpc) is 2.32. The minimum absolute atomic E-state index is 0.219. The number of hydrogen-bond donors (Lipinski definition) is 2. The van der Waals surface area contributed by atoms with E-state index in [-0.39, 0.29) is 5.02 Å². The van der Waals surface area contributed by atoms with E-state index in [1.807, 2.05) is 5.43 Å². The number of nitrogens with two attached hydrogens (primary N) is 1. The maximum atomic E-state index is 10.5. The molecule has 0 bridgehead atoms. The molecule has 0 atom stereocenters. The summed E-state index contributed by atoms with van der Waals surface area (Å²) in [7, 11) is 2.91. The molecule has 0 saturated heterocycles. The molecular weight excluding hydrogens is 281 g/mol. The summed E-state index contributed by atoms with van der Waals surface area (Å²) in [6.45, 7) is 0. The number of hydrazone groups is 1. The van der Waals surface area contributed by atoms with Crippen molar-refractivity contribution in [2.45, 2.75) is 0 Å². The Hall–Kier alpha value is -1.66. The highest BCUT2D eigenvalue weighted by Gasteiger charge is 2.16. The molecule has 0 aliphatic rings. The van der Waals surface area contributed by atoms with Crippen LogP contribution in [0.2, 0.25) is 10.0 Å². The number of nitrogens with one attached hydrogen (secondary N) is 1. The van der Waals surface area contributed by atoms with Gasteiger partial charge in [-0.3, -0.25) is 0 Å². The van der Waals surface area contributed by atoms with Gasteiger partial charge in [0.1, 0.15) is 0 Å². The fourth-order valence-electron chi connectivity index (χ4n) is 1.21. The molecule has 8 heteroatoms. The van der Waals surface area contributed by atoms with Gasteiger partial charge in [-0.1, -0.05) is 23.2 Å². The van der Waals surface area contributed by atoms with Crippen LogP contribution in [0.4, 0.5) is 4.79 Å². The summed E-state index contributed by atoms with van der Waals surface area (Å²) >= 11 is 12.1. The number of urea groups is 1. The molecule has 2 amide bonds. The minimum Gasteiger partial charge on any atom is -0.493 e. The van der Waals surface area contributed by atoms with Gasteiger partial charge < -0.3 is 15.2 Å². The fourth-order valence-corrected chi connectivity index (χ4v) is 1.83. The number of amides is 2. The van der Waals surface area contributed by atoms with Gasteiger partial charge >= 0.3 is 6.03 Å². The second-order valence-corrected chi connectivity index (χ2v) is 3.84. The van der Waals surface area contributed by atoms with Crippen LogP contribution in [-0.4, -0.2) is 26.5 Å². The Balaban J connectivity index is 3.20. The SMILES string of the molecule is COc1cc(Cl)c(C=NNC(N)=O)c(Cl)c1OC. The van der Waals surface area contributed by atoms with Crippen LogP contribution in [0.25, 0.3) is 0 Å². The van der Waals surface area contributed by atoms with E-state index >= 15 is 0 Å². The highest BCUT2D eigenvalue weighted by Crippen LogP contribution is 2.40. The van der Waals surface area contributed by atoms with Crippen LogP contribution in [-0.2, 0) is 0 Å². The number of halogens is 2. The maximum Gasteiger partial charge on any atom is 0.332 e. The lowest BCUT2D eigenvalue weighted by atomic mass is 10.2. The standard InChI is InChI=1S/C10H11Cl2N3O3/c1-17-7-3-6(11)5(4-14-15-10(13)16)8(12)9(7)18-2/h3-4H,1-2H3,(H3,13,15,16). The van der Waals surface area contributed by atoms with Gasteiger partial charge in [0.25, 0.3) is 0 Å². The molecule has 98 valence electrons. The third-order valence-electron chi connectivity index (χ3n) is 1.97. The fraction of sp³-hybridized carbons (Fsp3) is 0.200. The van der Waals surface area contributed by atoms with E-state index in [9.17, 15) is 4.79 Å². The molecule has 18 heavy (non-hydrogen) atoms. The summed E-state index contributed by atoms with van der Waals surface area (Å²) < 4.78 is 10.2. The molecule has 1 aromatic carbocycles. The van der Waals surface area contributed by atoms with Crippen molar-refractivity contribution in [3.63, 3.8) is 0 Å². The Labute approximate surface area is 114 Å². The van der Waals surface area contributed by atoms with Crippen LogP contribution in [0, 0.1) is 0 Å². The summed E-state index contributed by atoms with van der Waals surface area (Å²) in [5, 5.41) is 4.10. The van der Waals surface area contributed by atoms with Crippen LogP contribution in [0.5, 0.6) is 11.5 Å². The predicted octanol–water partition coefficient (Wildman–Crippen LogP) is 2.01. The Morgan fingerprint density at radius 3 is 2.61 bits per heavy atom. The first-order valence-corrected chi connectivity index (χ1v) is 5.45. The van der Waals surface area contributed by atoms with E-state index in [1.165, 1.54) is 26.5 Å². The molecule has 0 aliphatic carbocycles. The van der Waals surface area contributed by atoms with Gasteiger partial charge in [0, 0.05) is 11.6 Å². The van der Waals surface area contributed by atoms with Gasteiger partial charge in [-0.25, -0.2) is 10.2 Å². The second kappa shape index (κ2) is 6.32. The first kappa shape index (κ1) is 14.4. The van der Waals surface area contributed by atoms with Crippen LogP contribution in [0.15, 0.2) is 11.2 Å². The highest BCUT2D eigenvalue weighted by atomic mass is 35.5.